The molecule has 4 N–H and O–H groups in total. The van der Waals surface area contributed by atoms with E-state index in [0.717, 1.165) is 22.3 Å². The highest BCUT2D eigenvalue weighted by Gasteiger charge is 2.14. The van der Waals surface area contributed by atoms with Gasteiger partial charge in [-0.15, -0.1) is 11.3 Å². The minimum atomic E-state index is -0.553. The molecule has 0 bridgehead atoms. The molecule has 1 amide bonds. The zero-order valence-corrected chi connectivity index (χ0v) is 15.9. The molecule has 0 fully saturated rings. The molecule has 3 aromatic rings. The Bertz CT molecular complexity index is 911. The lowest BCUT2D eigenvalue weighted by atomic mass is 10.1. The summed E-state index contributed by atoms with van der Waals surface area (Å²) in [5, 5.41) is 1.49. The number of amides is 1. The molecule has 0 saturated heterocycles. The standard InChI is InChI=1S/C11H8Cl2N2OS.C8H8O/c12-5-1-2-8(13)6(3-5)9-4-7(10(14)16)11(15)17-9;9-7-6-8-4-2-1-3-5-8/h1-4H,15H2,(H2,14,16);1-5,7H,6H2. The fourth-order valence-corrected chi connectivity index (χ4v) is 3.54. The minimum absolute atomic E-state index is 0.307. The van der Waals surface area contributed by atoms with Crippen LogP contribution in [0.25, 0.3) is 10.4 Å². The van der Waals surface area contributed by atoms with E-state index in [4.69, 9.17) is 34.7 Å². The first kappa shape index (κ1) is 20.0. The van der Waals surface area contributed by atoms with Gasteiger partial charge in [0.15, 0.2) is 0 Å². The van der Waals surface area contributed by atoms with Crippen LogP contribution >= 0.6 is 34.5 Å². The van der Waals surface area contributed by atoms with Gasteiger partial charge in [-0.3, -0.25) is 4.79 Å². The molecule has 3 rings (SSSR count). The molecule has 7 heteroatoms. The molecule has 134 valence electrons. The second-order valence-corrected chi connectivity index (χ2v) is 7.16. The molecule has 0 aliphatic heterocycles. The Morgan fingerprint density at radius 2 is 1.77 bits per heavy atom. The number of nitrogens with two attached hydrogens (primary N) is 2. The molecular formula is C19H16Cl2N2O2S. The molecule has 26 heavy (non-hydrogen) atoms. The third-order valence-electron chi connectivity index (χ3n) is 3.38. The Balaban J connectivity index is 0.000000228. The van der Waals surface area contributed by atoms with Crippen molar-refractivity contribution in [2.45, 2.75) is 6.42 Å². The lowest BCUT2D eigenvalue weighted by Gasteiger charge is -2.01. The van der Waals surface area contributed by atoms with Gasteiger partial charge < -0.3 is 16.3 Å². The van der Waals surface area contributed by atoms with E-state index in [-0.39, 0.29) is 0 Å². The maximum atomic E-state index is 11.1. The summed E-state index contributed by atoms with van der Waals surface area (Å²) < 4.78 is 0. The number of halogens is 2. The third kappa shape index (κ3) is 5.33. The molecule has 1 heterocycles. The van der Waals surface area contributed by atoms with Gasteiger partial charge in [0, 0.05) is 26.9 Å². The number of hydrogen-bond donors (Lipinski definition) is 2. The molecule has 0 spiro atoms. The number of aldehydes is 1. The van der Waals surface area contributed by atoms with E-state index in [0.29, 0.717) is 27.0 Å². The largest absolute Gasteiger partial charge is 0.390 e. The Labute approximate surface area is 165 Å². The topological polar surface area (TPSA) is 86.2 Å². The quantitative estimate of drug-likeness (QED) is 0.608. The third-order valence-corrected chi connectivity index (χ3v) is 4.94. The number of primary amides is 1. The normalized spacial score (nSPS) is 9.92. The van der Waals surface area contributed by atoms with Crippen LogP contribution in [0.3, 0.4) is 0 Å². The van der Waals surface area contributed by atoms with Crippen molar-refractivity contribution in [3.8, 4) is 10.4 Å². The Morgan fingerprint density at radius 3 is 2.35 bits per heavy atom. The number of carbonyl (C=O) groups excluding carboxylic acids is 2. The first-order chi connectivity index (χ1) is 12.4. The van der Waals surface area contributed by atoms with Gasteiger partial charge in [-0.05, 0) is 29.8 Å². The second-order valence-electron chi connectivity index (χ2n) is 5.23. The van der Waals surface area contributed by atoms with Gasteiger partial charge in [-0.25, -0.2) is 0 Å². The van der Waals surface area contributed by atoms with Gasteiger partial charge in [-0.2, -0.15) is 0 Å². The average Bonchev–Trinajstić information content (AvgIpc) is 3.01. The molecule has 4 nitrogen and oxygen atoms in total. The number of nitrogen functional groups attached to an aromatic ring is 1. The number of benzene rings is 2. The van der Waals surface area contributed by atoms with Gasteiger partial charge in [0.05, 0.1) is 10.6 Å². The fraction of sp³-hybridized carbons (Fsp3) is 0.0526. The number of carbonyl (C=O) groups is 2. The summed E-state index contributed by atoms with van der Waals surface area (Å²) in [5.74, 6) is -0.553. The number of hydrogen-bond acceptors (Lipinski definition) is 4. The van der Waals surface area contributed by atoms with Crippen molar-refractivity contribution in [1.29, 1.82) is 0 Å². The molecule has 0 saturated carbocycles. The average molecular weight is 407 g/mol. The monoisotopic (exact) mass is 406 g/mol. The molecule has 0 unspecified atom stereocenters. The smallest absolute Gasteiger partial charge is 0.251 e. The van der Waals surface area contributed by atoms with E-state index >= 15 is 0 Å². The number of anilines is 1. The summed E-state index contributed by atoms with van der Waals surface area (Å²) in [5.41, 5.74) is 13.0. The highest BCUT2D eigenvalue weighted by atomic mass is 35.5. The lowest BCUT2D eigenvalue weighted by molar-refractivity contribution is -0.107. The van der Waals surface area contributed by atoms with Crippen molar-refractivity contribution < 1.29 is 9.59 Å². The van der Waals surface area contributed by atoms with Gasteiger partial charge in [0.1, 0.15) is 6.29 Å². The van der Waals surface area contributed by atoms with Crippen LogP contribution in [0.15, 0.2) is 54.6 Å². The number of thiophene rings is 1. The van der Waals surface area contributed by atoms with Crippen LogP contribution in [-0.4, -0.2) is 12.2 Å². The second kappa shape index (κ2) is 9.38. The van der Waals surface area contributed by atoms with Crippen LogP contribution in [0.4, 0.5) is 5.00 Å². The van der Waals surface area contributed by atoms with Gasteiger partial charge in [-0.1, -0.05) is 53.5 Å². The molecule has 1 aromatic heterocycles. The van der Waals surface area contributed by atoms with Crippen LogP contribution in [0, 0.1) is 0 Å². The Hall–Kier alpha value is -2.34. The minimum Gasteiger partial charge on any atom is -0.390 e. The van der Waals surface area contributed by atoms with E-state index in [1.807, 2.05) is 30.3 Å². The van der Waals surface area contributed by atoms with Gasteiger partial charge >= 0.3 is 0 Å². The zero-order chi connectivity index (χ0) is 19.1. The van der Waals surface area contributed by atoms with Gasteiger partial charge in [0.25, 0.3) is 5.91 Å². The SMILES string of the molecule is NC(=O)c1cc(-c2cc(Cl)ccc2Cl)sc1N.O=CCc1ccccc1. The molecule has 0 atom stereocenters. The first-order valence-electron chi connectivity index (χ1n) is 7.54. The van der Waals surface area contributed by atoms with E-state index < -0.39 is 5.91 Å². The van der Waals surface area contributed by atoms with Crippen molar-refractivity contribution in [3.63, 3.8) is 0 Å². The highest BCUT2D eigenvalue weighted by molar-refractivity contribution is 7.19. The predicted octanol–water partition coefficient (Wildman–Crippen LogP) is 4.83. The zero-order valence-electron chi connectivity index (χ0n) is 13.6. The summed E-state index contributed by atoms with van der Waals surface area (Å²) in [7, 11) is 0. The van der Waals surface area contributed by atoms with E-state index in [2.05, 4.69) is 0 Å². The van der Waals surface area contributed by atoms with Crippen molar-refractivity contribution in [2.75, 3.05) is 5.73 Å². The molecule has 0 aliphatic carbocycles. The summed E-state index contributed by atoms with van der Waals surface area (Å²) in [4.78, 5) is 21.8. The van der Waals surface area contributed by atoms with Crippen molar-refractivity contribution in [2.24, 2.45) is 5.73 Å². The Morgan fingerprint density at radius 1 is 1.08 bits per heavy atom. The maximum Gasteiger partial charge on any atom is 0.251 e. The first-order valence-corrected chi connectivity index (χ1v) is 9.11. The maximum absolute atomic E-state index is 11.1. The van der Waals surface area contributed by atoms with Crippen LogP contribution in [-0.2, 0) is 11.2 Å². The fourth-order valence-electron chi connectivity index (χ4n) is 2.13. The molecule has 0 radical (unpaired) electrons. The van der Waals surface area contributed by atoms with Crippen LogP contribution in [0.5, 0.6) is 0 Å². The van der Waals surface area contributed by atoms with Crippen LogP contribution in [0.2, 0.25) is 10.0 Å². The van der Waals surface area contributed by atoms with Crippen molar-refractivity contribution >= 4 is 51.7 Å². The van der Waals surface area contributed by atoms with Crippen LogP contribution < -0.4 is 11.5 Å². The van der Waals surface area contributed by atoms with Crippen LogP contribution in [0.1, 0.15) is 15.9 Å². The van der Waals surface area contributed by atoms with Crippen molar-refractivity contribution in [1.82, 2.24) is 0 Å². The van der Waals surface area contributed by atoms with E-state index in [1.165, 1.54) is 11.3 Å². The van der Waals surface area contributed by atoms with Crippen molar-refractivity contribution in [3.05, 3.63) is 75.8 Å². The molecule has 0 aliphatic rings. The number of rotatable bonds is 4. The summed E-state index contributed by atoms with van der Waals surface area (Å²) in [6, 6.07) is 16.4. The van der Waals surface area contributed by atoms with E-state index in [1.54, 1.807) is 24.3 Å². The lowest BCUT2D eigenvalue weighted by Crippen LogP contribution is -2.11. The summed E-state index contributed by atoms with van der Waals surface area (Å²) >= 11 is 13.2. The Kier molecular flexibility index (Phi) is 7.21. The molecular weight excluding hydrogens is 391 g/mol. The molecule has 2 aromatic carbocycles. The van der Waals surface area contributed by atoms with E-state index in [9.17, 15) is 9.59 Å². The highest BCUT2D eigenvalue weighted by Crippen LogP contribution is 2.38. The van der Waals surface area contributed by atoms with Gasteiger partial charge in [0.2, 0.25) is 0 Å². The summed E-state index contributed by atoms with van der Waals surface area (Å²) in [6.07, 6.45) is 1.44. The predicted molar refractivity (Wildman–Crippen MR) is 109 cm³/mol. The summed E-state index contributed by atoms with van der Waals surface area (Å²) in [6.45, 7) is 0.